The molecule has 0 radical (unpaired) electrons. The third-order valence-corrected chi connectivity index (χ3v) is 5.08. The van der Waals surface area contributed by atoms with Crippen molar-refractivity contribution < 1.29 is 18.8 Å². The predicted molar refractivity (Wildman–Crippen MR) is 112 cm³/mol. The molecule has 0 unspecified atom stereocenters. The van der Waals surface area contributed by atoms with Gasteiger partial charge in [0.15, 0.2) is 5.65 Å². The summed E-state index contributed by atoms with van der Waals surface area (Å²) in [5.74, 6) is 0. The lowest BCUT2D eigenvalue weighted by Crippen LogP contribution is -2.41. The number of rotatable bonds is 4. The van der Waals surface area contributed by atoms with Crippen LogP contribution in [0.2, 0.25) is 0 Å². The molecular formula is C20H29BN4O4. The first-order chi connectivity index (χ1) is 13.4. The minimum Gasteiger partial charge on any atom is -0.444 e. The van der Waals surface area contributed by atoms with Gasteiger partial charge in [0, 0.05) is 18.1 Å². The van der Waals surface area contributed by atoms with Gasteiger partial charge >= 0.3 is 13.2 Å². The smallest absolute Gasteiger partial charge is 0.444 e. The molecule has 1 aliphatic heterocycles. The molecule has 2 N–H and O–H groups in total. The number of hydrogen-bond donors (Lipinski definition) is 2. The molecule has 3 rings (SSSR count). The van der Waals surface area contributed by atoms with Crippen LogP contribution >= 0.6 is 0 Å². The summed E-state index contributed by atoms with van der Waals surface area (Å²) in [6, 6.07) is 3.78. The Bertz CT molecular complexity index is 914. The Morgan fingerprint density at radius 3 is 2.55 bits per heavy atom. The van der Waals surface area contributed by atoms with E-state index in [0.717, 1.165) is 16.6 Å². The summed E-state index contributed by atoms with van der Waals surface area (Å²) in [4.78, 5) is 16.4. The molecule has 2 aromatic rings. The highest BCUT2D eigenvalue weighted by Gasteiger charge is 2.52. The monoisotopic (exact) mass is 400 g/mol. The molecule has 29 heavy (non-hydrogen) atoms. The molecule has 1 saturated heterocycles. The highest BCUT2D eigenvalue weighted by Crippen LogP contribution is 2.38. The average Bonchev–Trinajstić information content (AvgIpc) is 3.08. The minimum atomic E-state index is -0.620. The van der Waals surface area contributed by atoms with E-state index in [1.807, 2.05) is 66.7 Å². The van der Waals surface area contributed by atoms with Crippen LogP contribution in [0.5, 0.6) is 0 Å². The van der Waals surface area contributed by atoms with Gasteiger partial charge in [-0.3, -0.25) is 5.10 Å². The first-order valence-corrected chi connectivity index (χ1v) is 9.70. The maximum Gasteiger partial charge on any atom is 0.492 e. The fourth-order valence-corrected chi connectivity index (χ4v) is 2.85. The van der Waals surface area contributed by atoms with E-state index in [1.54, 1.807) is 6.20 Å². The van der Waals surface area contributed by atoms with Gasteiger partial charge in [-0.15, -0.1) is 0 Å². The average molecular weight is 400 g/mol. The Hall–Kier alpha value is -2.39. The lowest BCUT2D eigenvalue weighted by molar-refractivity contribution is 0.00578. The zero-order valence-electron chi connectivity index (χ0n) is 18.1. The summed E-state index contributed by atoms with van der Waals surface area (Å²) >= 11 is 0. The zero-order chi connectivity index (χ0) is 21.4. The molecule has 1 amide bonds. The number of nitrogens with one attached hydrogen (secondary N) is 2. The van der Waals surface area contributed by atoms with Crippen LogP contribution < -0.4 is 5.32 Å². The lowest BCUT2D eigenvalue weighted by atomic mass is 9.77. The molecule has 0 bridgehead atoms. The quantitative estimate of drug-likeness (QED) is 0.763. The van der Waals surface area contributed by atoms with Gasteiger partial charge in [0.1, 0.15) is 5.60 Å². The summed E-state index contributed by atoms with van der Waals surface area (Å²) in [6.07, 6.45) is 3.07. The van der Waals surface area contributed by atoms with Crippen molar-refractivity contribution in [3.05, 3.63) is 29.5 Å². The number of nitrogens with zero attached hydrogens (tertiary/aromatic N) is 2. The molecule has 0 spiro atoms. The maximum absolute atomic E-state index is 12.2. The van der Waals surface area contributed by atoms with Crippen LogP contribution in [0.4, 0.5) is 4.79 Å². The maximum atomic E-state index is 12.2. The molecule has 156 valence electrons. The SMILES string of the molecule is CC(C)(C)OC(=O)NCC(=Cc1[nH]nc2ncccc12)B1OC(C)(C)C(C)(C)O1. The molecule has 0 saturated carbocycles. The lowest BCUT2D eigenvalue weighted by Gasteiger charge is -2.32. The second kappa shape index (κ2) is 7.46. The van der Waals surface area contributed by atoms with Gasteiger partial charge in [-0.25, -0.2) is 9.78 Å². The number of amides is 1. The summed E-state index contributed by atoms with van der Waals surface area (Å²) in [5, 5.41) is 10.9. The van der Waals surface area contributed by atoms with E-state index in [0.29, 0.717) is 5.65 Å². The van der Waals surface area contributed by atoms with Gasteiger partial charge < -0.3 is 19.4 Å². The Balaban J connectivity index is 1.89. The van der Waals surface area contributed by atoms with E-state index in [4.69, 9.17) is 14.0 Å². The van der Waals surface area contributed by atoms with E-state index in [2.05, 4.69) is 20.5 Å². The van der Waals surface area contributed by atoms with Crippen molar-refractivity contribution in [2.75, 3.05) is 6.54 Å². The Kier molecular flexibility index (Phi) is 5.49. The van der Waals surface area contributed by atoms with Gasteiger partial charge in [-0.05, 0) is 72.1 Å². The van der Waals surface area contributed by atoms with Crippen molar-refractivity contribution >= 4 is 30.3 Å². The number of pyridine rings is 1. The largest absolute Gasteiger partial charge is 0.492 e. The number of fused-ring (bicyclic) bond motifs is 1. The molecule has 0 atom stereocenters. The van der Waals surface area contributed by atoms with Gasteiger partial charge in [-0.2, -0.15) is 5.10 Å². The molecule has 0 aromatic carbocycles. The van der Waals surface area contributed by atoms with Crippen LogP contribution in [-0.2, 0) is 14.0 Å². The Labute approximate surface area is 171 Å². The van der Waals surface area contributed by atoms with Crippen molar-refractivity contribution in [3.63, 3.8) is 0 Å². The van der Waals surface area contributed by atoms with E-state index >= 15 is 0 Å². The molecule has 3 heterocycles. The van der Waals surface area contributed by atoms with Crippen LogP contribution in [0.15, 0.2) is 23.8 Å². The van der Waals surface area contributed by atoms with Gasteiger partial charge in [0.25, 0.3) is 0 Å². The van der Waals surface area contributed by atoms with Crippen molar-refractivity contribution in [2.45, 2.75) is 65.3 Å². The number of carbonyl (C=O) groups excluding carboxylic acids is 1. The van der Waals surface area contributed by atoms with Gasteiger partial charge in [0.05, 0.1) is 16.9 Å². The van der Waals surface area contributed by atoms with Crippen molar-refractivity contribution in [1.82, 2.24) is 20.5 Å². The number of ether oxygens (including phenoxy) is 1. The second-order valence-corrected chi connectivity index (χ2v) is 9.17. The fourth-order valence-electron chi connectivity index (χ4n) is 2.85. The van der Waals surface area contributed by atoms with Gasteiger partial charge in [0.2, 0.25) is 0 Å². The standard InChI is InChI=1S/C20H29BN4O4/c1-18(2,3)27-17(26)23-12-13(21-28-19(4,5)20(6,7)29-21)11-15-14-9-8-10-22-16(14)25-24-15/h8-11H,12H2,1-7H3,(H,23,26)(H,22,24,25). The Morgan fingerprint density at radius 2 is 1.93 bits per heavy atom. The van der Waals surface area contributed by atoms with E-state index in [1.165, 1.54) is 0 Å². The zero-order valence-corrected chi connectivity index (χ0v) is 18.1. The normalized spacial score (nSPS) is 18.9. The summed E-state index contributed by atoms with van der Waals surface area (Å²) in [6.45, 7) is 13.6. The molecule has 0 aliphatic carbocycles. The van der Waals surface area contributed by atoms with Crippen LogP contribution in [0.3, 0.4) is 0 Å². The van der Waals surface area contributed by atoms with Crippen LogP contribution in [0.25, 0.3) is 17.1 Å². The number of aromatic nitrogens is 3. The van der Waals surface area contributed by atoms with Crippen LogP contribution in [0, 0.1) is 0 Å². The first kappa shape index (κ1) is 21.3. The molecular weight excluding hydrogens is 371 g/mol. The molecule has 9 heteroatoms. The van der Waals surface area contributed by atoms with Crippen molar-refractivity contribution in [1.29, 1.82) is 0 Å². The topological polar surface area (TPSA) is 98.4 Å². The highest BCUT2D eigenvalue weighted by molar-refractivity contribution is 6.56. The second-order valence-electron chi connectivity index (χ2n) is 9.17. The third-order valence-electron chi connectivity index (χ3n) is 5.08. The number of alkyl carbamates (subject to hydrolysis) is 1. The van der Waals surface area contributed by atoms with Crippen molar-refractivity contribution in [3.8, 4) is 0 Å². The summed E-state index contributed by atoms with van der Waals surface area (Å²) in [7, 11) is -0.620. The highest BCUT2D eigenvalue weighted by atomic mass is 16.7. The van der Waals surface area contributed by atoms with Crippen LogP contribution in [-0.4, -0.2) is 51.7 Å². The number of hydrogen-bond acceptors (Lipinski definition) is 6. The first-order valence-electron chi connectivity index (χ1n) is 9.70. The van der Waals surface area contributed by atoms with Crippen molar-refractivity contribution in [2.24, 2.45) is 0 Å². The molecule has 1 fully saturated rings. The third kappa shape index (κ3) is 4.79. The Morgan fingerprint density at radius 1 is 1.28 bits per heavy atom. The molecule has 8 nitrogen and oxygen atoms in total. The van der Waals surface area contributed by atoms with E-state index in [-0.39, 0.29) is 6.54 Å². The predicted octanol–water partition coefficient (Wildman–Crippen LogP) is 3.50. The molecule has 2 aromatic heterocycles. The number of H-pyrrole nitrogens is 1. The van der Waals surface area contributed by atoms with Crippen LogP contribution in [0.1, 0.15) is 54.2 Å². The molecule has 1 aliphatic rings. The van der Waals surface area contributed by atoms with E-state index in [9.17, 15) is 4.79 Å². The minimum absolute atomic E-state index is 0.201. The van der Waals surface area contributed by atoms with Gasteiger partial charge in [-0.1, -0.05) is 0 Å². The number of aromatic amines is 1. The summed E-state index contributed by atoms with van der Waals surface area (Å²) in [5.41, 5.74) is 0.546. The summed E-state index contributed by atoms with van der Waals surface area (Å²) < 4.78 is 17.7. The fraction of sp³-hybridized carbons (Fsp3) is 0.550. The number of carbonyl (C=O) groups is 1. The van der Waals surface area contributed by atoms with E-state index < -0.39 is 30.0 Å².